The van der Waals surface area contributed by atoms with Crippen molar-refractivity contribution < 1.29 is 0 Å². The molecular formula is C16H26N4S. The molecule has 0 aliphatic heterocycles. The summed E-state index contributed by atoms with van der Waals surface area (Å²) >= 11 is 2.00. The molecule has 3 saturated carbocycles. The van der Waals surface area contributed by atoms with Crippen molar-refractivity contribution in [2.75, 3.05) is 7.05 Å². The number of rotatable bonds is 5. The molecule has 21 heavy (non-hydrogen) atoms. The van der Waals surface area contributed by atoms with E-state index in [1.54, 1.807) is 0 Å². The number of nitrogens with one attached hydrogen (secondary N) is 1. The first kappa shape index (κ1) is 14.1. The van der Waals surface area contributed by atoms with E-state index in [0.717, 1.165) is 0 Å². The average Bonchev–Trinajstić information content (AvgIpc) is 3.37. The van der Waals surface area contributed by atoms with Gasteiger partial charge in [0.05, 0.1) is 0 Å². The molecule has 2 atom stereocenters. The summed E-state index contributed by atoms with van der Waals surface area (Å²) in [5.74, 6) is 2.00. The second-order valence-corrected chi connectivity index (χ2v) is 8.11. The Labute approximate surface area is 131 Å². The fraction of sp³-hybridized carbons (Fsp3) is 0.875. The van der Waals surface area contributed by atoms with Gasteiger partial charge in [-0.1, -0.05) is 31.0 Å². The van der Waals surface area contributed by atoms with E-state index in [2.05, 4.69) is 27.1 Å². The highest BCUT2D eigenvalue weighted by Gasteiger charge is 2.37. The van der Waals surface area contributed by atoms with E-state index in [0.29, 0.717) is 23.3 Å². The highest BCUT2D eigenvalue weighted by molar-refractivity contribution is 7.99. The number of hydrogen-bond donors (Lipinski definition) is 1. The molecule has 1 heterocycles. The minimum atomic E-state index is 0.631. The van der Waals surface area contributed by atoms with Crippen LogP contribution in [0.4, 0.5) is 0 Å². The predicted molar refractivity (Wildman–Crippen MR) is 85.8 cm³/mol. The Morgan fingerprint density at radius 2 is 1.81 bits per heavy atom. The van der Waals surface area contributed by atoms with Crippen LogP contribution < -0.4 is 5.32 Å². The molecule has 0 aromatic carbocycles. The third-order valence-corrected chi connectivity index (χ3v) is 6.48. The van der Waals surface area contributed by atoms with Gasteiger partial charge in [-0.25, -0.2) is 0 Å². The summed E-state index contributed by atoms with van der Waals surface area (Å²) in [7, 11) is 2.12. The molecule has 4 nitrogen and oxygen atoms in total. The van der Waals surface area contributed by atoms with Crippen molar-refractivity contribution in [1.29, 1.82) is 0 Å². The van der Waals surface area contributed by atoms with Crippen LogP contribution in [0, 0.1) is 0 Å². The molecule has 0 radical (unpaired) electrons. The molecule has 3 aliphatic carbocycles. The van der Waals surface area contributed by atoms with E-state index < -0.39 is 0 Å². The normalized spacial score (nSPS) is 30.3. The van der Waals surface area contributed by atoms with Crippen LogP contribution in [0.15, 0.2) is 5.16 Å². The molecule has 0 amide bonds. The Balaban J connectivity index is 1.55. The highest BCUT2D eigenvalue weighted by atomic mass is 32.2. The first-order valence-corrected chi connectivity index (χ1v) is 9.53. The van der Waals surface area contributed by atoms with Crippen molar-refractivity contribution in [3.8, 4) is 0 Å². The molecule has 4 rings (SSSR count). The van der Waals surface area contributed by atoms with Gasteiger partial charge in [0.25, 0.3) is 0 Å². The Kier molecular flexibility index (Phi) is 3.96. The lowest BCUT2D eigenvalue weighted by Gasteiger charge is -2.24. The van der Waals surface area contributed by atoms with Gasteiger partial charge in [-0.2, -0.15) is 0 Å². The lowest BCUT2D eigenvalue weighted by molar-refractivity contribution is 0.508. The van der Waals surface area contributed by atoms with Gasteiger partial charge in [-0.15, -0.1) is 10.2 Å². The van der Waals surface area contributed by atoms with Crippen molar-refractivity contribution in [1.82, 2.24) is 20.1 Å². The lowest BCUT2D eigenvalue weighted by atomic mass is 10.1. The molecule has 1 N–H and O–H groups in total. The van der Waals surface area contributed by atoms with E-state index in [1.807, 2.05) is 11.8 Å². The molecule has 5 heteroatoms. The summed E-state index contributed by atoms with van der Waals surface area (Å²) in [6.07, 6.45) is 12.0. The molecule has 2 unspecified atom stereocenters. The fourth-order valence-electron chi connectivity index (χ4n) is 3.54. The zero-order valence-electron chi connectivity index (χ0n) is 12.9. The van der Waals surface area contributed by atoms with Gasteiger partial charge in [-0.05, 0) is 45.6 Å². The lowest BCUT2D eigenvalue weighted by Crippen LogP contribution is -2.34. The minimum Gasteiger partial charge on any atom is -0.316 e. The van der Waals surface area contributed by atoms with Crippen molar-refractivity contribution in [2.24, 2.45) is 0 Å². The molecule has 0 bridgehead atoms. The highest BCUT2D eigenvalue weighted by Crippen LogP contribution is 2.47. The van der Waals surface area contributed by atoms with Crippen LogP contribution in [-0.2, 0) is 0 Å². The van der Waals surface area contributed by atoms with Crippen molar-refractivity contribution in [3.63, 3.8) is 0 Å². The molecular weight excluding hydrogens is 280 g/mol. The largest absolute Gasteiger partial charge is 0.316 e. The van der Waals surface area contributed by atoms with Gasteiger partial charge < -0.3 is 9.88 Å². The zero-order valence-corrected chi connectivity index (χ0v) is 13.7. The van der Waals surface area contributed by atoms with Gasteiger partial charge in [-0.3, -0.25) is 0 Å². The first-order valence-electron chi connectivity index (χ1n) is 8.65. The second-order valence-electron chi connectivity index (χ2n) is 6.91. The number of nitrogens with zero attached hydrogens (tertiary/aromatic N) is 3. The van der Waals surface area contributed by atoms with Gasteiger partial charge in [0.2, 0.25) is 0 Å². The monoisotopic (exact) mass is 306 g/mol. The molecule has 0 saturated heterocycles. The van der Waals surface area contributed by atoms with Crippen LogP contribution in [0.2, 0.25) is 0 Å². The predicted octanol–water partition coefficient (Wildman–Crippen LogP) is 3.50. The van der Waals surface area contributed by atoms with E-state index in [-0.39, 0.29) is 0 Å². The molecule has 0 spiro atoms. The van der Waals surface area contributed by atoms with Crippen LogP contribution in [0.25, 0.3) is 0 Å². The Hall–Kier alpha value is -0.550. The summed E-state index contributed by atoms with van der Waals surface area (Å²) in [6.45, 7) is 0. The van der Waals surface area contributed by atoms with Gasteiger partial charge in [0.1, 0.15) is 5.82 Å². The van der Waals surface area contributed by atoms with Gasteiger partial charge in [0, 0.05) is 23.3 Å². The smallest absolute Gasteiger partial charge is 0.191 e. The third-order valence-electron chi connectivity index (χ3n) is 5.13. The van der Waals surface area contributed by atoms with Crippen molar-refractivity contribution >= 4 is 11.8 Å². The maximum atomic E-state index is 4.58. The molecule has 3 aliphatic rings. The standard InChI is InChI=1S/C16H26N4S/c1-17-13-5-3-2-4-6-14(13)21-16-19-18-15(11-7-8-11)20(16)12-9-10-12/h11-14,17H,2-10H2,1H3. The van der Waals surface area contributed by atoms with Crippen LogP contribution >= 0.6 is 11.8 Å². The fourth-order valence-corrected chi connectivity index (χ4v) is 4.98. The topological polar surface area (TPSA) is 42.7 Å². The maximum Gasteiger partial charge on any atom is 0.191 e. The van der Waals surface area contributed by atoms with Crippen LogP contribution in [0.5, 0.6) is 0 Å². The second kappa shape index (κ2) is 5.92. The van der Waals surface area contributed by atoms with Gasteiger partial charge in [0.15, 0.2) is 5.16 Å². The number of aromatic nitrogens is 3. The quantitative estimate of drug-likeness (QED) is 0.846. The van der Waals surface area contributed by atoms with E-state index >= 15 is 0 Å². The Morgan fingerprint density at radius 1 is 1.00 bits per heavy atom. The van der Waals surface area contributed by atoms with Crippen molar-refractivity contribution in [2.45, 2.75) is 86.2 Å². The van der Waals surface area contributed by atoms with Crippen LogP contribution in [0.3, 0.4) is 0 Å². The molecule has 1 aromatic rings. The summed E-state index contributed by atoms with van der Waals surface area (Å²) in [4.78, 5) is 0. The summed E-state index contributed by atoms with van der Waals surface area (Å²) in [5, 5.41) is 14.5. The average molecular weight is 306 g/mol. The number of thioether (sulfide) groups is 1. The Bertz CT molecular complexity index is 492. The SMILES string of the molecule is CNC1CCCCCC1Sc1nnc(C2CC2)n1C1CC1. The van der Waals surface area contributed by atoms with E-state index in [1.165, 1.54) is 68.8 Å². The zero-order chi connectivity index (χ0) is 14.2. The Morgan fingerprint density at radius 3 is 2.52 bits per heavy atom. The van der Waals surface area contributed by atoms with E-state index in [9.17, 15) is 0 Å². The molecule has 116 valence electrons. The van der Waals surface area contributed by atoms with Crippen molar-refractivity contribution in [3.05, 3.63) is 5.82 Å². The van der Waals surface area contributed by atoms with Gasteiger partial charge >= 0.3 is 0 Å². The maximum absolute atomic E-state index is 4.58. The third kappa shape index (κ3) is 3.00. The number of hydrogen-bond acceptors (Lipinski definition) is 4. The first-order chi connectivity index (χ1) is 10.4. The van der Waals surface area contributed by atoms with E-state index in [4.69, 9.17) is 0 Å². The minimum absolute atomic E-state index is 0.631. The van der Waals surface area contributed by atoms with Crippen LogP contribution in [-0.4, -0.2) is 33.1 Å². The summed E-state index contributed by atoms with van der Waals surface area (Å²) in [6, 6.07) is 1.34. The molecule has 1 aromatic heterocycles. The molecule has 3 fully saturated rings. The summed E-state index contributed by atoms with van der Waals surface area (Å²) < 4.78 is 2.50. The summed E-state index contributed by atoms with van der Waals surface area (Å²) in [5.41, 5.74) is 0. The van der Waals surface area contributed by atoms with Crippen LogP contribution in [0.1, 0.15) is 75.6 Å².